The van der Waals surface area contributed by atoms with Crippen molar-refractivity contribution in [2.75, 3.05) is 31.0 Å². The minimum Gasteiger partial charge on any atom is -0.415 e. The fourth-order valence-electron chi connectivity index (χ4n) is 3.53. The normalized spacial score (nSPS) is 17.9. The molecule has 1 aromatic carbocycles. The largest absolute Gasteiger partial charge is 0.415 e. The topological polar surface area (TPSA) is 95.7 Å². The quantitative estimate of drug-likeness (QED) is 0.477. The van der Waals surface area contributed by atoms with Crippen LogP contribution >= 0.6 is 11.6 Å². The number of benzene rings is 1. The summed E-state index contributed by atoms with van der Waals surface area (Å²) in [5, 5.41) is 7.31. The van der Waals surface area contributed by atoms with Crippen LogP contribution in [0.25, 0.3) is 11.5 Å². The summed E-state index contributed by atoms with van der Waals surface area (Å²) in [5.74, 6) is -0.876. The van der Waals surface area contributed by atoms with Crippen molar-refractivity contribution >= 4 is 27.5 Å². The molecule has 0 spiro atoms. The molecule has 34 heavy (non-hydrogen) atoms. The summed E-state index contributed by atoms with van der Waals surface area (Å²) in [6.45, 7) is 3.24. The van der Waals surface area contributed by atoms with Gasteiger partial charge >= 0.3 is 16.6 Å². The van der Waals surface area contributed by atoms with Gasteiger partial charge in [-0.3, -0.25) is 9.29 Å². The third-order valence-electron chi connectivity index (χ3n) is 5.63. The van der Waals surface area contributed by atoms with Crippen molar-refractivity contribution < 1.29 is 21.6 Å². The van der Waals surface area contributed by atoms with Gasteiger partial charge in [0.1, 0.15) is 0 Å². The standard InChI is InChI=1S/C21H23ClF2N6O3S/c1-14-12-29(9-8-28(14)2)34(31,32)30(18-5-3-4-16(22)10-18)13-17-7-6-15(11-25-17)20-26-27-21(33-20)19(23)24/h3-7,10-11,14,19H,8-9,12-13H2,1-2H3/t14-/m0/s1. The van der Waals surface area contributed by atoms with Gasteiger partial charge in [-0.15, -0.1) is 10.2 Å². The molecule has 1 atom stereocenters. The Bertz CT molecular complexity index is 1240. The minimum atomic E-state index is -3.90. The molecule has 3 heterocycles. The third kappa shape index (κ3) is 5.19. The Balaban J connectivity index is 1.62. The second-order valence-corrected chi connectivity index (χ2v) is 10.3. The number of piperazine rings is 1. The Labute approximate surface area is 201 Å². The Morgan fingerprint density at radius 2 is 2.03 bits per heavy atom. The molecular weight excluding hydrogens is 490 g/mol. The Morgan fingerprint density at radius 3 is 2.65 bits per heavy atom. The van der Waals surface area contributed by atoms with Gasteiger partial charge in [0.25, 0.3) is 5.89 Å². The summed E-state index contributed by atoms with van der Waals surface area (Å²) in [7, 11) is -1.94. The molecule has 0 unspecified atom stereocenters. The highest BCUT2D eigenvalue weighted by molar-refractivity contribution is 7.90. The summed E-state index contributed by atoms with van der Waals surface area (Å²) >= 11 is 6.15. The van der Waals surface area contributed by atoms with E-state index >= 15 is 0 Å². The van der Waals surface area contributed by atoms with Gasteiger partial charge in [-0.05, 0) is 44.3 Å². The van der Waals surface area contributed by atoms with E-state index in [1.165, 1.54) is 14.8 Å². The number of hydrogen-bond donors (Lipinski definition) is 0. The van der Waals surface area contributed by atoms with Crippen molar-refractivity contribution in [1.29, 1.82) is 0 Å². The predicted octanol–water partition coefficient (Wildman–Crippen LogP) is 3.61. The fraction of sp³-hybridized carbons (Fsp3) is 0.381. The van der Waals surface area contributed by atoms with Crippen molar-refractivity contribution in [2.24, 2.45) is 0 Å². The van der Waals surface area contributed by atoms with Crippen LogP contribution in [0.5, 0.6) is 0 Å². The average Bonchev–Trinajstić information content (AvgIpc) is 3.30. The lowest BCUT2D eigenvalue weighted by molar-refractivity contribution is 0.116. The van der Waals surface area contributed by atoms with E-state index in [4.69, 9.17) is 16.0 Å². The maximum absolute atomic E-state index is 13.7. The zero-order valence-corrected chi connectivity index (χ0v) is 20.0. The SMILES string of the molecule is C[C@H]1CN(S(=O)(=O)N(Cc2ccc(-c3nnc(C(F)F)o3)cn2)c2cccc(Cl)c2)CCN1C. The zero-order chi connectivity index (χ0) is 24.5. The van der Waals surface area contributed by atoms with Gasteiger partial charge in [0.2, 0.25) is 5.89 Å². The Morgan fingerprint density at radius 1 is 1.24 bits per heavy atom. The van der Waals surface area contributed by atoms with E-state index in [1.807, 2.05) is 14.0 Å². The van der Waals surface area contributed by atoms with Gasteiger partial charge in [-0.1, -0.05) is 17.7 Å². The van der Waals surface area contributed by atoms with Crippen LogP contribution in [0.1, 0.15) is 24.9 Å². The van der Waals surface area contributed by atoms with Crippen LogP contribution in [0.4, 0.5) is 14.5 Å². The van der Waals surface area contributed by atoms with Crippen LogP contribution in [-0.4, -0.2) is 65.5 Å². The monoisotopic (exact) mass is 512 g/mol. The minimum absolute atomic E-state index is 0.0597. The number of rotatable bonds is 7. The van der Waals surface area contributed by atoms with E-state index in [0.29, 0.717) is 41.6 Å². The summed E-state index contributed by atoms with van der Waals surface area (Å²) in [6, 6.07) is 9.80. The lowest BCUT2D eigenvalue weighted by atomic mass is 10.2. The second kappa shape index (κ2) is 9.90. The molecule has 0 aliphatic carbocycles. The summed E-state index contributed by atoms with van der Waals surface area (Å²) < 4.78 is 60.4. The Kier molecular flexibility index (Phi) is 7.12. The number of alkyl halides is 2. The molecule has 2 aromatic heterocycles. The molecule has 0 radical (unpaired) electrons. The van der Waals surface area contributed by atoms with Gasteiger partial charge in [0.05, 0.1) is 23.5 Å². The average molecular weight is 513 g/mol. The number of anilines is 1. The summed E-state index contributed by atoms with van der Waals surface area (Å²) in [5.41, 5.74) is 1.18. The van der Waals surface area contributed by atoms with E-state index in [1.54, 1.807) is 36.4 Å². The van der Waals surface area contributed by atoms with Crippen LogP contribution in [0.3, 0.4) is 0 Å². The first kappa shape index (κ1) is 24.5. The van der Waals surface area contributed by atoms with E-state index in [0.717, 1.165) is 0 Å². The van der Waals surface area contributed by atoms with Gasteiger partial charge < -0.3 is 9.32 Å². The van der Waals surface area contributed by atoms with Crippen LogP contribution in [0, 0.1) is 0 Å². The molecule has 1 fully saturated rings. The van der Waals surface area contributed by atoms with Crippen LogP contribution in [0.15, 0.2) is 47.0 Å². The van der Waals surface area contributed by atoms with Crippen molar-refractivity contribution in [3.05, 3.63) is 59.2 Å². The molecule has 13 heteroatoms. The first-order valence-corrected chi connectivity index (χ1v) is 12.2. The van der Waals surface area contributed by atoms with Crippen LogP contribution in [0.2, 0.25) is 5.02 Å². The molecule has 0 bridgehead atoms. The third-order valence-corrected chi connectivity index (χ3v) is 7.74. The number of likely N-dealkylation sites (N-methyl/N-ethyl adjacent to an activating group) is 1. The summed E-state index contributed by atoms with van der Waals surface area (Å²) in [6.07, 6.45) is -1.50. The number of halogens is 3. The molecule has 0 amide bonds. The maximum Gasteiger partial charge on any atom is 0.314 e. The molecule has 0 saturated carbocycles. The van der Waals surface area contributed by atoms with Crippen molar-refractivity contribution in [3.63, 3.8) is 0 Å². The predicted molar refractivity (Wildman–Crippen MR) is 123 cm³/mol. The molecule has 4 rings (SSSR count). The Hall–Kier alpha value is -2.67. The van der Waals surface area contributed by atoms with Gasteiger partial charge in [0.15, 0.2) is 0 Å². The fourth-order valence-corrected chi connectivity index (χ4v) is 5.39. The van der Waals surface area contributed by atoms with Gasteiger partial charge in [-0.2, -0.15) is 21.5 Å². The molecule has 9 nitrogen and oxygen atoms in total. The highest BCUT2D eigenvalue weighted by Crippen LogP contribution is 2.28. The van der Waals surface area contributed by atoms with Crippen molar-refractivity contribution in [2.45, 2.75) is 25.9 Å². The van der Waals surface area contributed by atoms with Crippen molar-refractivity contribution in [1.82, 2.24) is 24.4 Å². The number of nitrogens with zero attached hydrogens (tertiary/aromatic N) is 6. The highest BCUT2D eigenvalue weighted by atomic mass is 35.5. The molecule has 1 aliphatic heterocycles. The van der Waals surface area contributed by atoms with E-state index < -0.39 is 22.5 Å². The lowest BCUT2D eigenvalue weighted by Gasteiger charge is -2.39. The lowest BCUT2D eigenvalue weighted by Crippen LogP contribution is -2.55. The molecule has 182 valence electrons. The number of hydrogen-bond acceptors (Lipinski definition) is 7. The van der Waals surface area contributed by atoms with E-state index in [2.05, 4.69) is 20.1 Å². The molecule has 3 aromatic rings. The zero-order valence-electron chi connectivity index (χ0n) is 18.5. The molecule has 0 N–H and O–H groups in total. The van der Waals surface area contributed by atoms with Gasteiger partial charge in [-0.25, -0.2) is 0 Å². The van der Waals surface area contributed by atoms with Crippen LogP contribution in [-0.2, 0) is 16.8 Å². The number of pyridine rings is 1. The summed E-state index contributed by atoms with van der Waals surface area (Å²) in [4.78, 5) is 6.41. The van der Waals surface area contributed by atoms with Crippen LogP contribution < -0.4 is 4.31 Å². The second-order valence-electron chi connectivity index (χ2n) is 7.97. The first-order valence-electron chi connectivity index (χ1n) is 10.5. The maximum atomic E-state index is 13.7. The highest BCUT2D eigenvalue weighted by Gasteiger charge is 2.35. The smallest absolute Gasteiger partial charge is 0.314 e. The molecule has 1 saturated heterocycles. The first-order chi connectivity index (χ1) is 16.1. The van der Waals surface area contributed by atoms with E-state index in [-0.39, 0.29) is 18.5 Å². The molecule has 1 aliphatic rings. The van der Waals surface area contributed by atoms with E-state index in [9.17, 15) is 17.2 Å². The van der Waals surface area contributed by atoms with Crippen molar-refractivity contribution in [3.8, 4) is 11.5 Å². The number of aromatic nitrogens is 3. The van der Waals surface area contributed by atoms with Gasteiger partial charge in [0, 0.05) is 36.9 Å². The molecular formula is C21H23ClF2N6O3S.